The number of hydrogen-bond acceptors (Lipinski definition) is 5. The van der Waals surface area contributed by atoms with Gasteiger partial charge in [-0.05, 0) is 13.8 Å². The van der Waals surface area contributed by atoms with Crippen LogP contribution in [-0.2, 0) is 0 Å². The fraction of sp³-hybridized carbons (Fsp3) is 0.636. The second kappa shape index (κ2) is 5.38. The molecule has 1 saturated heterocycles. The van der Waals surface area contributed by atoms with Gasteiger partial charge in [0.25, 0.3) is 0 Å². The molecule has 1 aliphatic rings. The van der Waals surface area contributed by atoms with Gasteiger partial charge in [0.2, 0.25) is 0 Å². The van der Waals surface area contributed by atoms with Crippen molar-refractivity contribution in [2.24, 2.45) is 0 Å². The number of aliphatic hydroxyl groups is 1. The largest absolute Gasteiger partial charge is 0.389 e. The second-order valence-corrected chi connectivity index (χ2v) is 6.34. The zero-order chi connectivity index (χ0) is 11.5. The highest BCUT2D eigenvalue weighted by molar-refractivity contribution is 8.06. The third-order valence-corrected chi connectivity index (χ3v) is 5.34. The normalized spacial score (nSPS) is 23.1. The Morgan fingerprint density at radius 2 is 2.31 bits per heavy atom. The average molecular weight is 256 g/mol. The molecule has 1 N–H and O–H groups in total. The van der Waals surface area contributed by atoms with E-state index in [9.17, 15) is 5.11 Å². The van der Waals surface area contributed by atoms with Gasteiger partial charge in [-0.1, -0.05) is 0 Å². The van der Waals surface area contributed by atoms with Gasteiger partial charge in [0, 0.05) is 34.7 Å². The first-order valence-electron chi connectivity index (χ1n) is 5.39. The molecule has 88 valence electrons. The van der Waals surface area contributed by atoms with Crippen LogP contribution in [0.1, 0.15) is 35.4 Å². The van der Waals surface area contributed by atoms with Crippen LogP contribution in [0, 0.1) is 6.92 Å². The van der Waals surface area contributed by atoms with Crippen LogP contribution in [0.3, 0.4) is 0 Å². The predicted molar refractivity (Wildman–Crippen MR) is 69.9 cm³/mol. The molecule has 3 nitrogen and oxygen atoms in total. The van der Waals surface area contributed by atoms with E-state index in [1.807, 2.05) is 30.4 Å². The molecular formula is C11H16N2OS2. The van der Waals surface area contributed by atoms with Crippen LogP contribution in [0.5, 0.6) is 0 Å². The summed E-state index contributed by atoms with van der Waals surface area (Å²) in [5.41, 5.74) is 1.73. The van der Waals surface area contributed by atoms with Crippen LogP contribution in [-0.4, -0.2) is 32.3 Å². The standard InChI is InChI=1S/C11H16N2OS2/c1-7-9(8(2)14)5-12-11(13-7)10-6-15-3-4-16-10/h5,8,10,14H,3-4,6H2,1-2H3/t8-,10?/m1/s1. The van der Waals surface area contributed by atoms with Crippen LogP contribution in [0.2, 0.25) is 0 Å². The molecular weight excluding hydrogens is 240 g/mol. The van der Waals surface area contributed by atoms with Crippen LogP contribution in [0.25, 0.3) is 0 Å². The van der Waals surface area contributed by atoms with Gasteiger partial charge in [-0.25, -0.2) is 9.97 Å². The lowest BCUT2D eigenvalue weighted by atomic mass is 10.1. The van der Waals surface area contributed by atoms with E-state index in [0.29, 0.717) is 5.25 Å². The molecule has 5 heteroatoms. The Kier molecular flexibility index (Phi) is 4.10. The van der Waals surface area contributed by atoms with E-state index in [1.54, 1.807) is 13.1 Å². The number of rotatable bonds is 2. The third-order valence-electron chi connectivity index (χ3n) is 2.59. The summed E-state index contributed by atoms with van der Waals surface area (Å²) in [5.74, 6) is 4.42. The van der Waals surface area contributed by atoms with Gasteiger partial charge in [0.15, 0.2) is 0 Å². The summed E-state index contributed by atoms with van der Waals surface area (Å²) < 4.78 is 0. The van der Waals surface area contributed by atoms with E-state index in [-0.39, 0.29) is 0 Å². The molecule has 1 fully saturated rings. The van der Waals surface area contributed by atoms with Crippen molar-refractivity contribution in [3.63, 3.8) is 0 Å². The highest BCUT2D eigenvalue weighted by Gasteiger charge is 2.20. The predicted octanol–water partition coefficient (Wildman–Crippen LogP) is 2.36. The summed E-state index contributed by atoms with van der Waals surface area (Å²) in [6, 6.07) is 0. The van der Waals surface area contributed by atoms with Crippen molar-refractivity contribution < 1.29 is 5.11 Å². The van der Waals surface area contributed by atoms with Gasteiger partial charge in [-0.2, -0.15) is 11.8 Å². The highest BCUT2D eigenvalue weighted by atomic mass is 32.2. The van der Waals surface area contributed by atoms with E-state index >= 15 is 0 Å². The lowest BCUT2D eigenvalue weighted by Crippen LogP contribution is -2.12. The second-order valence-electron chi connectivity index (χ2n) is 3.88. The SMILES string of the molecule is Cc1nc(C2CSCCS2)ncc1[C@@H](C)O. The number of nitrogens with zero attached hydrogens (tertiary/aromatic N) is 2. The molecule has 2 rings (SSSR count). The first kappa shape index (κ1) is 12.2. The minimum Gasteiger partial charge on any atom is -0.389 e. The van der Waals surface area contributed by atoms with Gasteiger partial charge < -0.3 is 5.11 Å². The van der Waals surface area contributed by atoms with E-state index in [1.165, 1.54) is 11.5 Å². The summed E-state index contributed by atoms with van der Waals surface area (Å²) in [6.45, 7) is 3.68. The zero-order valence-corrected chi connectivity index (χ0v) is 11.1. The summed E-state index contributed by atoms with van der Waals surface area (Å²) in [4.78, 5) is 8.89. The Bertz CT molecular complexity index is 365. The molecule has 2 atom stereocenters. The Labute approximate surface area is 104 Å². The van der Waals surface area contributed by atoms with Crippen LogP contribution < -0.4 is 0 Å². The quantitative estimate of drug-likeness (QED) is 0.880. The fourth-order valence-electron chi connectivity index (χ4n) is 1.70. The van der Waals surface area contributed by atoms with E-state index in [4.69, 9.17) is 0 Å². The van der Waals surface area contributed by atoms with Crippen LogP contribution in [0.15, 0.2) is 6.20 Å². The Morgan fingerprint density at radius 1 is 1.50 bits per heavy atom. The lowest BCUT2D eigenvalue weighted by molar-refractivity contribution is 0.197. The average Bonchev–Trinajstić information content (AvgIpc) is 2.29. The third kappa shape index (κ3) is 2.70. The molecule has 0 amide bonds. The maximum Gasteiger partial charge on any atom is 0.142 e. The van der Waals surface area contributed by atoms with E-state index < -0.39 is 6.10 Å². The van der Waals surface area contributed by atoms with Gasteiger partial charge in [0.05, 0.1) is 11.4 Å². The zero-order valence-electron chi connectivity index (χ0n) is 9.51. The first-order chi connectivity index (χ1) is 7.68. The summed E-state index contributed by atoms with van der Waals surface area (Å²) in [6.07, 6.45) is 1.28. The molecule has 0 saturated carbocycles. The van der Waals surface area contributed by atoms with Crippen molar-refractivity contribution in [3.05, 3.63) is 23.3 Å². The molecule has 0 spiro atoms. The van der Waals surface area contributed by atoms with E-state index in [0.717, 1.165) is 22.8 Å². The van der Waals surface area contributed by atoms with Gasteiger partial charge in [0.1, 0.15) is 5.82 Å². The fourth-order valence-corrected chi connectivity index (χ4v) is 4.30. The molecule has 0 aromatic carbocycles. The van der Waals surface area contributed by atoms with Crippen molar-refractivity contribution in [2.45, 2.75) is 25.2 Å². The van der Waals surface area contributed by atoms with Gasteiger partial charge >= 0.3 is 0 Å². The Hall–Kier alpha value is -0.260. The van der Waals surface area contributed by atoms with Gasteiger partial charge in [-0.3, -0.25) is 0 Å². The summed E-state index contributed by atoms with van der Waals surface area (Å²) in [7, 11) is 0. The van der Waals surface area contributed by atoms with Crippen LogP contribution in [0.4, 0.5) is 0 Å². The van der Waals surface area contributed by atoms with Crippen molar-refractivity contribution >= 4 is 23.5 Å². The number of thioether (sulfide) groups is 2. The molecule has 16 heavy (non-hydrogen) atoms. The topological polar surface area (TPSA) is 46.0 Å². The molecule has 1 aromatic heterocycles. The summed E-state index contributed by atoms with van der Waals surface area (Å²) >= 11 is 3.89. The molecule has 0 aliphatic carbocycles. The van der Waals surface area contributed by atoms with Crippen molar-refractivity contribution in [3.8, 4) is 0 Å². The van der Waals surface area contributed by atoms with Crippen molar-refractivity contribution in [1.29, 1.82) is 0 Å². The summed E-state index contributed by atoms with van der Waals surface area (Å²) in [5, 5.41) is 9.93. The van der Waals surface area contributed by atoms with Crippen LogP contribution >= 0.6 is 23.5 Å². The molecule has 1 aliphatic heterocycles. The minimum absolute atomic E-state index is 0.417. The number of aliphatic hydroxyl groups excluding tert-OH is 1. The van der Waals surface area contributed by atoms with Crippen molar-refractivity contribution in [1.82, 2.24) is 9.97 Å². The number of aryl methyl sites for hydroxylation is 1. The molecule has 0 radical (unpaired) electrons. The van der Waals surface area contributed by atoms with Gasteiger partial charge in [-0.15, -0.1) is 11.8 Å². The monoisotopic (exact) mass is 256 g/mol. The Balaban J connectivity index is 2.19. The minimum atomic E-state index is -0.484. The number of aromatic nitrogens is 2. The van der Waals surface area contributed by atoms with E-state index in [2.05, 4.69) is 9.97 Å². The van der Waals surface area contributed by atoms with Crippen molar-refractivity contribution in [2.75, 3.05) is 17.3 Å². The highest BCUT2D eigenvalue weighted by Crippen LogP contribution is 2.35. The molecule has 1 unspecified atom stereocenters. The molecule has 2 heterocycles. The Morgan fingerprint density at radius 3 is 2.88 bits per heavy atom. The lowest BCUT2D eigenvalue weighted by Gasteiger charge is -2.20. The maximum absolute atomic E-state index is 9.52. The molecule has 0 bridgehead atoms. The maximum atomic E-state index is 9.52. The first-order valence-corrected chi connectivity index (χ1v) is 7.59. The molecule has 1 aromatic rings. The smallest absolute Gasteiger partial charge is 0.142 e. The number of hydrogen-bond donors (Lipinski definition) is 1.